The van der Waals surface area contributed by atoms with Gasteiger partial charge in [0.05, 0.1) is 19.7 Å². The van der Waals surface area contributed by atoms with E-state index in [4.69, 9.17) is 15.2 Å². The molecule has 3 aromatic rings. The van der Waals surface area contributed by atoms with E-state index in [9.17, 15) is 4.79 Å². The highest BCUT2D eigenvalue weighted by atomic mass is 16.5. The zero-order chi connectivity index (χ0) is 16.4. The molecule has 6 heteroatoms. The molecular formula is C17H17N3O3. The van der Waals surface area contributed by atoms with Crippen molar-refractivity contribution in [3.63, 3.8) is 0 Å². The number of hydrogen-bond acceptors (Lipinski definition) is 4. The van der Waals surface area contributed by atoms with Crippen molar-refractivity contribution < 1.29 is 14.3 Å². The lowest BCUT2D eigenvalue weighted by molar-refractivity contribution is 0.100. The van der Waals surface area contributed by atoms with E-state index >= 15 is 0 Å². The van der Waals surface area contributed by atoms with Gasteiger partial charge in [-0.05, 0) is 35.9 Å². The highest BCUT2D eigenvalue weighted by molar-refractivity contribution is 5.97. The van der Waals surface area contributed by atoms with Crippen molar-refractivity contribution in [2.24, 2.45) is 5.73 Å². The van der Waals surface area contributed by atoms with Crippen LogP contribution in [0.2, 0.25) is 0 Å². The Morgan fingerprint density at radius 1 is 1.13 bits per heavy atom. The zero-order valence-corrected chi connectivity index (χ0v) is 12.9. The molecule has 0 fully saturated rings. The van der Waals surface area contributed by atoms with Crippen molar-refractivity contribution in [1.29, 1.82) is 0 Å². The number of carbonyl (C=O) groups is 1. The number of aromatic amines is 1. The van der Waals surface area contributed by atoms with Crippen LogP contribution < -0.4 is 15.2 Å². The molecule has 0 saturated heterocycles. The van der Waals surface area contributed by atoms with Crippen molar-refractivity contribution in [3.8, 4) is 11.5 Å². The summed E-state index contributed by atoms with van der Waals surface area (Å²) in [6.45, 7) is 0. The maximum atomic E-state index is 11.4. The quantitative estimate of drug-likeness (QED) is 0.756. The minimum Gasteiger partial charge on any atom is -0.493 e. The number of carbonyl (C=O) groups excluding carboxylic acids is 1. The van der Waals surface area contributed by atoms with Gasteiger partial charge >= 0.3 is 0 Å². The Bertz CT molecular complexity index is 871. The number of benzene rings is 2. The lowest BCUT2D eigenvalue weighted by Crippen LogP contribution is -2.10. The van der Waals surface area contributed by atoms with Gasteiger partial charge in [-0.2, -0.15) is 5.10 Å². The Balaban J connectivity index is 1.98. The summed E-state index contributed by atoms with van der Waals surface area (Å²) >= 11 is 0. The van der Waals surface area contributed by atoms with Gasteiger partial charge in [0, 0.05) is 23.1 Å². The van der Waals surface area contributed by atoms with E-state index in [0.717, 1.165) is 22.2 Å². The lowest BCUT2D eigenvalue weighted by atomic mass is 10.0. The molecule has 6 nitrogen and oxygen atoms in total. The predicted octanol–water partition coefficient (Wildman–Crippen LogP) is 2.27. The predicted molar refractivity (Wildman–Crippen MR) is 87.0 cm³/mol. The van der Waals surface area contributed by atoms with E-state index in [2.05, 4.69) is 10.2 Å². The third-order valence-corrected chi connectivity index (χ3v) is 3.75. The van der Waals surface area contributed by atoms with E-state index in [-0.39, 0.29) is 0 Å². The van der Waals surface area contributed by atoms with E-state index in [0.29, 0.717) is 23.5 Å². The minimum atomic E-state index is -0.454. The highest BCUT2D eigenvalue weighted by Gasteiger charge is 2.11. The summed E-state index contributed by atoms with van der Waals surface area (Å²) in [5.74, 6) is 0.901. The second-order valence-electron chi connectivity index (χ2n) is 5.16. The number of primary amides is 1. The van der Waals surface area contributed by atoms with E-state index < -0.39 is 5.91 Å². The molecule has 0 aliphatic carbocycles. The third kappa shape index (κ3) is 2.83. The Hall–Kier alpha value is -3.02. The molecule has 0 radical (unpaired) electrons. The number of methoxy groups -OCH3 is 2. The van der Waals surface area contributed by atoms with Crippen LogP contribution >= 0.6 is 0 Å². The van der Waals surface area contributed by atoms with Crippen molar-refractivity contribution in [1.82, 2.24) is 10.2 Å². The average molecular weight is 311 g/mol. The summed E-state index contributed by atoms with van der Waals surface area (Å²) in [6.07, 6.45) is 0.624. The molecule has 1 aromatic heterocycles. The van der Waals surface area contributed by atoms with Crippen LogP contribution in [0.1, 0.15) is 21.6 Å². The molecule has 0 aliphatic heterocycles. The van der Waals surface area contributed by atoms with Crippen molar-refractivity contribution in [3.05, 3.63) is 53.2 Å². The van der Waals surface area contributed by atoms with Gasteiger partial charge in [-0.15, -0.1) is 0 Å². The van der Waals surface area contributed by atoms with Crippen LogP contribution in [0.4, 0.5) is 0 Å². The van der Waals surface area contributed by atoms with Gasteiger partial charge in [-0.3, -0.25) is 9.89 Å². The van der Waals surface area contributed by atoms with Gasteiger partial charge in [-0.25, -0.2) is 0 Å². The number of ether oxygens (including phenoxy) is 2. The molecule has 0 aliphatic rings. The van der Waals surface area contributed by atoms with Gasteiger partial charge in [0.2, 0.25) is 5.91 Å². The topological polar surface area (TPSA) is 90.2 Å². The Kier molecular flexibility index (Phi) is 3.89. The standard InChI is InChI=1S/C17H17N3O3/c1-22-15-6-3-10(8-16(15)23-2)7-14-12-9-11(17(18)21)4-5-13(12)19-20-14/h3-6,8-9H,7H2,1-2H3,(H2,18,21)(H,19,20). The Labute approximate surface area is 133 Å². The summed E-state index contributed by atoms with van der Waals surface area (Å²) in [7, 11) is 3.21. The normalized spacial score (nSPS) is 10.7. The molecule has 0 atom stereocenters. The average Bonchev–Trinajstić information content (AvgIpc) is 2.96. The fraction of sp³-hybridized carbons (Fsp3) is 0.176. The molecule has 3 rings (SSSR count). The first-order chi connectivity index (χ1) is 11.1. The minimum absolute atomic E-state index is 0.454. The second kappa shape index (κ2) is 6.00. The number of H-pyrrole nitrogens is 1. The SMILES string of the molecule is COc1ccc(Cc2[nH]nc3ccc(C(N)=O)cc23)cc1OC. The first-order valence-corrected chi connectivity index (χ1v) is 7.10. The van der Waals surface area contributed by atoms with Crippen LogP contribution in [0.5, 0.6) is 11.5 Å². The number of rotatable bonds is 5. The number of amides is 1. The van der Waals surface area contributed by atoms with Crippen molar-refractivity contribution in [2.75, 3.05) is 14.2 Å². The molecule has 3 N–H and O–H groups in total. The molecule has 1 heterocycles. The third-order valence-electron chi connectivity index (χ3n) is 3.75. The van der Waals surface area contributed by atoms with Crippen molar-refractivity contribution in [2.45, 2.75) is 6.42 Å². The summed E-state index contributed by atoms with van der Waals surface area (Å²) in [5, 5.41) is 8.16. The van der Waals surface area contributed by atoms with Gasteiger partial charge < -0.3 is 15.2 Å². The maximum absolute atomic E-state index is 11.4. The second-order valence-corrected chi connectivity index (χ2v) is 5.16. The fourth-order valence-corrected chi connectivity index (χ4v) is 2.55. The number of nitrogens with two attached hydrogens (primary N) is 1. The summed E-state index contributed by atoms with van der Waals surface area (Å²) in [6, 6.07) is 11.0. The number of fused-ring (bicyclic) bond motifs is 1. The van der Waals surface area contributed by atoms with Crippen LogP contribution in [-0.2, 0) is 6.42 Å². The molecule has 0 bridgehead atoms. The smallest absolute Gasteiger partial charge is 0.248 e. The van der Waals surface area contributed by atoms with Gasteiger partial charge in [-0.1, -0.05) is 6.07 Å². The first-order valence-electron chi connectivity index (χ1n) is 7.10. The van der Waals surface area contributed by atoms with Crippen LogP contribution in [0.15, 0.2) is 36.4 Å². The van der Waals surface area contributed by atoms with Gasteiger partial charge in [0.1, 0.15) is 0 Å². The number of hydrogen-bond donors (Lipinski definition) is 2. The highest BCUT2D eigenvalue weighted by Crippen LogP contribution is 2.29. The molecule has 0 spiro atoms. The molecule has 1 amide bonds. The van der Waals surface area contributed by atoms with Crippen LogP contribution in [0.3, 0.4) is 0 Å². The van der Waals surface area contributed by atoms with Crippen LogP contribution in [0, 0.1) is 0 Å². The van der Waals surface area contributed by atoms with Crippen molar-refractivity contribution >= 4 is 16.8 Å². The molecular weight excluding hydrogens is 294 g/mol. The Morgan fingerprint density at radius 2 is 1.91 bits per heavy atom. The first kappa shape index (κ1) is 14.9. The molecule has 23 heavy (non-hydrogen) atoms. The summed E-state index contributed by atoms with van der Waals surface area (Å²) < 4.78 is 10.6. The number of aromatic nitrogens is 2. The lowest BCUT2D eigenvalue weighted by Gasteiger charge is -2.09. The molecule has 118 valence electrons. The van der Waals surface area contributed by atoms with Crippen LogP contribution in [0.25, 0.3) is 10.9 Å². The maximum Gasteiger partial charge on any atom is 0.248 e. The molecule has 2 aromatic carbocycles. The summed E-state index contributed by atoms with van der Waals surface area (Å²) in [4.78, 5) is 11.4. The molecule has 0 unspecified atom stereocenters. The fourth-order valence-electron chi connectivity index (χ4n) is 2.55. The van der Waals surface area contributed by atoms with Gasteiger partial charge in [0.25, 0.3) is 0 Å². The van der Waals surface area contributed by atoms with Gasteiger partial charge in [0.15, 0.2) is 11.5 Å². The van der Waals surface area contributed by atoms with E-state index in [1.807, 2.05) is 18.2 Å². The largest absolute Gasteiger partial charge is 0.493 e. The Morgan fingerprint density at radius 3 is 2.61 bits per heavy atom. The number of nitrogens with zero attached hydrogens (tertiary/aromatic N) is 1. The zero-order valence-electron chi connectivity index (χ0n) is 12.9. The van der Waals surface area contributed by atoms with E-state index in [1.165, 1.54) is 0 Å². The molecule has 0 saturated carbocycles. The van der Waals surface area contributed by atoms with Crippen LogP contribution in [-0.4, -0.2) is 30.3 Å². The number of nitrogens with one attached hydrogen (secondary N) is 1. The van der Waals surface area contributed by atoms with E-state index in [1.54, 1.807) is 32.4 Å². The summed E-state index contributed by atoms with van der Waals surface area (Å²) in [5.41, 5.74) is 8.56. The monoisotopic (exact) mass is 311 g/mol.